The molecule has 0 aromatic heterocycles. The first kappa shape index (κ1) is 22.2. The van der Waals surface area contributed by atoms with Gasteiger partial charge in [0, 0.05) is 13.0 Å². The van der Waals surface area contributed by atoms with E-state index in [-0.39, 0.29) is 17.9 Å². The third-order valence-electron chi connectivity index (χ3n) is 4.28. The number of carbonyl (C=O) groups is 2. The van der Waals surface area contributed by atoms with E-state index >= 15 is 0 Å². The summed E-state index contributed by atoms with van der Waals surface area (Å²) in [5, 5.41) is 3.04. The maximum absolute atomic E-state index is 12.9. The number of hydrogen-bond acceptors (Lipinski definition) is 4. The first-order valence-electron chi connectivity index (χ1n) is 9.39. The van der Waals surface area contributed by atoms with Crippen molar-refractivity contribution in [2.24, 2.45) is 0 Å². The minimum absolute atomic E-state index is 0.0690. The second-order valence-corrected chi connectivity index (χ2v) is 7.61. The molecule has 1 amide bonds. The first-order valence-corrected chi connectivity index (χ1v) is 9.39. The average molecular weight is 363 g/mol. The fourth-order valence-electron chi connectivity index (χ4n) is 2.87. The topological polar surface area (TPSA) is 58.6 Å². The number of nitrogens with zero attached hydrogens (tertiary/aromatic N) is 1. The van der Waals surface area contributed by atoms with E-state index in [2.05, 4.69) is 5.32 Å². The van der Waals surface area contributed by atoms with Crippen molar-refractivity contribution in [3.63, 3.8) is 0 Å². The Morgan fingerprint density at radius 1 is 1.15 bits per heavy atom. The minimum atomic E-state index is -0.642. The smallest absolute Gasteiger partial charge is 0.329 e. The molecule has 0 unspecified atom stereocenters. The number of likely N-dealkylation sites (N-methyl/N-ethyl adjacent to an activating group) is 2. The van der Waals surface area contributed by atoms with Gasteiger partial charge in [-0.15, -0.1) is 0 Å². The highest BCUT2D eigenvalue weighted by atomic mass is 16.6. The van der Waals surface area contributed by atoms with Crippen molar-refractivity contribution >= 4 is 11.9 Å². The van der Waals surface area contributed by atoms with Crippen molar-refractivity contribution in [1.82, 2.24) is 10.2 Å². The summed E-state index contributed by atoms with van der Waals surface area (Å²) in [5.41, 5.74) is 1.57. The third-order valence-corrected chi connectivity index (χ3v) is 4.28. The van der Waals surface area contributed by atoms with Gasteiger partial charge in [0.05, 0.1) is 6.04 Å². The predicted molar refractivity (Wildman–Crippen MR) is 105 cm³/mol. The molecule has 0 heterocycles. The van der Waals surface area contributed by atoms with Gasteiger partial charge in [-0.2, -0.15) is 0 Å². The molecular formula is C21H34N2O3. The Balaban J connectivity index is 3.16. The highest BCUT2D eigenvalue weighted by Gasteiger charge is 2.34. The lowest BCUT2D eigenvalue weighted by molar-refractivity contribution is -0.165. The zero-order chi connectivity index (χ0) is 19.9. The van der Waals surface area contributed by atoms with E-state index in [0.717, 1.165) is 11.1 Å². The number of esters is 1. The number of ether oxygens (including phenoxy) is 1. The molecule has 1 rings (SSSR count). The van der Waals surface area contributed by atoms with E-state index in [4.69, 9.17) is 4.74 Å². The van der Waals surface area contributed by atoms with Gasteiger partial charge >= 0.3 is 5.97 Å². The minimum Gasteiger partial charge on any atom is -0.458 e. The average Bonchev–Trinajstić information content (AvgIpc) is 2.56. The highest BCUT2D eigenvalue weighted by molar-refractivity contribution is 5.88. The van der Waals surface area contributed by atoms with Crippen LogP contribution in [-0.4, -0.2) is 48.1 Å². The quantitative estimate of drug-likeness (QED) is 0.722. The van der Waals surface area contributed by atoms with Gasteiger partial charge < -0.3 is 15.0 Å². The Kier molecular flexibility index (Phi) is 8.28. The van der Waals surface area contributed by atoms with Crippen LogP contribution in [0.2, 0.25) is 0 Å². The number of rotatable bonds is 8. The molecular weight excluding hydrogens is 328 g/mol. The Morgan fingerprint density at radius 3 is 2.15 bits per heavy atom. The number of aryl methyl sites for hydroxylation is 1. The Hall–Kier alpha value is -1.88. The van der Waals surface area contributed by atoms with Crippen molar-refractivity contribution in [2.75, 3.05) is 13.6 Å². The number of benzene rings is 1. The molecule has 146 valence electrons. The lowest BCUT2D eigenvalue weighted by Crippen LogP contribution is -2.54. The molecule has 0 fully saturated rings. The summed E-state index contributed by atoms with van der Waals surface area (Å²) in [6.45, 7) is 11.8. The van der Waals surface area contributed by atoms with Crippen LogP contribution in [0.15, 0.2) is 24.3 Å². The van der Waals surface area contributed by atoms with Crippen molar-refractivity contribution in [3.8, 4) is 0 Å². The van der Waals surface area contributed by atoms with E-state index in [1.807, 2.05) is 65.8 Å². The molecule has 0 aliphatic carbocycles. The summed E-state index contributed by atoms with van der Waals surface area (Å²) in [6, 6.07) is 7.08. The fourth-order valence-corrected chi connectivity index (χ4v) is 2.87. The van der Waals surface area contributed by atoms with E-state index in [1.54, 1.807) is 11.9 Å². The summed E-state index contributed by atoms with van der Waals surface area (Å²) in [4.78, 5) is 27.5. The lowest BCUT2D eigenvalue weighted by atomic mass is 10.0. The monoisotopic (exact) mass is 362 g/mol. The summed E-state index contributed by atoms with van der Waals surface area (Å²) in [7, 11) is 1.77. The molecule has 0 bridgehead atoms. The van der Waals surface area contributed by atoms with Crippen LogP contribution in [0.4, 0.5) is 0 Å². The van der Waals surface area contributed by atoms with Gasteiger partial charge in [0.1, 0.15) is 11.6 Å². The fraction of sp³-hybridized carbons (Fsp3) is 0.619. The number of hydrogen-bond donors (Lipinski definition) is 1. The number of nitrogens with one attached hydrogen (secondary N) is 1. The zero-order valence-corrected chi connectivity index (χ0v) is 17.3. The van der Waals surface area contributed by atoms with Gasteiger partial charge in [0.2, 0.25) is 5.91 Å². The summed E-state index contributed by atoms with van der Waals surface area (Å²) in [5.74, 6) is -0.431. The van der Waals surface area contributed by atoms with E-state index in [1.165, 1.54) is 0 Å². The standard InChI is InChI=1S/C21H34N2O3/c1-8-17(22-7)19(24)23(9-2)18(20(25)26-21(4,5)6)14-16-12-10-15(3)11-13-16/h10-13,17-18,22H,8-9,14H2,1-7H3/t17-,18-/m0/s1. The number of amides is 1. The van der Waals surface area contributed by atoms with Crippen LogP contribution in [0.25, 0.3) is 0 Å². The van der Waals surface area contributed by atoms with Crippen molar-refractivity contribution in [2.45, 2.75) is 72.1 Å². The van der Waals surface area contributed by atoms with Gasteiger partial charge in [0.25, 0.3) is 0 Å². The molecule has 0 saturated heterocycles. The Bertz CT molecular complexity index is 586. The SMILES string of the molecule is CC[C@H](NC)C(=O)N(CC)[C@@H](Cc1ccc(C)cc1)C(=O)OC(C)(C)C. The van der Waals surface area contributed by atoms with E-state index in [0.29, 0.717) is 19.4 Å². The second kappa shape index (κ2) is 9.72. The zero-order valence-electron chi connectivity index (χ0n) is 17.3. The molecule has 1 N–H and O–H groups in total. The largest absolute Gasteiger partial charge is 0.458 e. The van der Waals surface area contributed by atoms with Gasteiger partial charge in [-0.25, -0.2) is 4.79 Å². The lowest BCUT2D eigenvalue weighted by Gasteiger charge is -2.34. The molecule has 0 radical (unpaired) electrons. The molecule has 26 heavy (non-hydrogen) atoms. The van der Waals surface area contributed by atoms with Gasteiger partial charge in [-0.05, 0) is 53.7 Å². The number of carbonyl (C=O) groups excluding carboxylic acids is 2. The van der Waals surface area contributed by atoms with E-state index < -0.39 is 11.6 Å². The summed E-state index contributed by atoms with van der Waals surface area (Å²) >= 11 is 0. The van der Waals surface area contributed by atoms with Crippen LogP contribution in [0.3, 0.4) is 0 Å². The van der Waals surface area contributed by atoms with Crippen molar-refractivity contribution in [1.29, 1.82) is 0 Å². The first-order chi connectivity index (χ1) is 12.1. The Morgan fingerprint density at radius 2 is 1.73 bits per heavy atom. The summed E-state index contributed by atoms with van der Waals surface area (Å²) < 4.78 is 5.62. The molecule has 5 heteroatoms. The maximum Gasteiger partial charge on any atom is 0.329 e. The van der Waals surface area contributed by atoms with Crippen LogP contribution in [0.5, 0.6) is 0 Å². The van der Waals surface area contributed by atoms with Crippen LogP contribution in [0, 0.1) is 6.92 Å². The molecule has 5 nitrogen and oxygen atoms in total. The van der Waals surface area contributed by atoms with Crippen LogP contribution < -0.4 is 5.32 Å². The van der Waals surface area contributed by atoms with Crippen LogP contribution >= 0.6 is 0 Å². The van der Waals surface area contributed by atoms with Crippen molar-refractivity contribution in [3.05, 3.63) is 35.4 Å². The molecule has 0 spiro atoms. The molecule has 0 aliphatic rings. The molecule has 0 saturated carbocycles. The van der Waals surface area contributed by atoms with Crippen LogP contribution in [-0.2, 0) is 20.7 Å². The molecule has 0 aliphatic heterocycles. The van der Waals surface area contributed by atoms with Crippen LogP contribution in [0.1, 0.15) is 52.2 Å². The normalized spacial score (nSPS) is 13.8. The molecule has 1 aromatic carbocycles. The van der Waals surface area contributed by atoms with Gasteiger partial charge in [-0.3, -0.25) is 4.79 Å². The highest BCUT2D eigenvalue weighted by Crippen LogP contribution is 2.17. The molecule has 1 aromatic rings. The summed E-state index contributed by atoms with van der Waals surface area (Å²) in [6.07, 6.45) is 1.10. The predicted octanol–water partition coefficient (Wildman–Crippen LogP) is 3.09. The van der Waals surface area contributed by atoms with Gasteiger partial charge in [-0.1, -0.05) is 36.8 Å². The third kappa shape index (κ3) is 6.45. The molecule has 2 atom stereocenters. The Labute approximate surface area is 158 Å². The van der Waals surface area contributed by atoms with Crippen molar-refractivity contribution < 1.29 is 14.3 Å². The van der Waals surface area contributed by atoms with E-state index in [9.17, 15) is 9.59 Å². The second-order valence-electron chi connectivity index (χ2n) is 7.61. The maximum atomic E-state index is 12.9. The van der Waals surface area contributed by atoms with Gasteiger partial charge in [0.15, 0.2) is 0 Å².